The van der Waals surface area contributed by atoms with Gasteiger partial charge in [-0.2, -0.15) is 0 Å². The van der Waals surface area contributed by atoms with Crippen LogP contribution >= 0.6 is 0 Å². The lowest BCUT2D eigenvalue weighted by Crippen LogP contribution is -2.68. The standard InChI is InChI=1S/C15H30O4/c1-8-9-11(2)14(6,18)12(3,4)15(7,19)13(5,17)10-16/h8,11,16-19H,1,9-10H2,2-7H3. The van der Waals surface area contributed by atoms with Crippen molar-refractivity contribution < 1.29 is 20.4 Å². The van der Waals surface area contributed by atoms with Crippen LogP contribution in [0.4, 0.5) is 0 Å². The Morgan fingerprint density at radius 2 is 1.47 bits per heavy atom. The van der Waals surface area contributed by atoms with E-state index in [1.807, 2.05) is 6.92 Å². The normalized spacial score (nSPS) is 23.9. The first-order valence-electron chi connectivity index (χ1n) is 6.68. The molecule has 0 aliphatic heterocycles. The van der Waals surface area contributed by atoms with Gasteiger partial charge in [0.2, 0.25) is 0 Å². The van der Waals surface area contributed by atoms with Gasteiger partial charge in [0.15, 0.2) is 0 Å². The molecule has 0 bridgehead atoms. The Labute approximate surface area is 116 Å². The van der Waals surface area contributed by atoms with E-state index < -0.39 is 28.8 Å². The Kier molecular flexibility index (Phi) is 5.40. The van der Waals surface area contributed by atoms with Crippen LogP contribution < -0.4 is 0 Å². The molecule has 0 heterocycles. The van der Waals surface area contributed by atoms with Gasteiger partial charge in [0.1, 0.15) is 11.2 Å². The van der Waals surface area contributed by atoms with E-state index in [9.17, 15) is 20.4 Å². The minimum atomic E-state index is -1.71. The lowest BCUT2D eigenvalue weighted by Gasteiger charge is -2.56. The summed E-state index contributed by atoms with van der Waals surface area (Å²) in [4.78, 5) is 0. The summed E-state index contributed by atoms with van der Waals surface area (Å²) in [6, 6.07) is 0. The van der Waals surface area contributed by atoms with E-state index in [1.54, 1.807) is 26.8 Å². The van der Waals surface area contributed by atoms with Gasteiger partial charge in [0, 0.05) is 5.41 Å². The van der Waals surface area contributed by atoms with Crippen LogP contribution in [0.1, 0.15) is 48.0 Å². The highest BCUT2D eigenvalue weighted by Crippen LogP contribution is 2.49. The maximum atomic E-state index is 10.8. The predicted molar refractivity (Wildman–Crippen MR) is 76.7 cm³/mol. The van der Waals surface area contributed by atoms with Crippen molar-refractivity contribution in [1.82, 2.24) is 0 Å². The predicted octanol–water partition coefficient (Wildman–Crippen LogP) is 1.47. The summed E-state index contributed by atoms with van der Waals surface area (Å²) in [5.74, 6) is -0.152. The van der Waals surface area contributed by atoms with E-state index >= 15 is 0 Å². The van der Waals surface area contributed by atoms with Gasteiger partial charge in [0.25, 0.3) is 0 Å². The SMILES string of the molecule is C=CCC(C)C(C)(O)C(C)(C)C(C)(O)C(C)(O)CO. The molecule has 4 N–H and O–H groups in total. The summed E-state index contributed by atoms with van der Waals surface area (Å²) in [6.45, 7) is 12.8. The number of allylic oxidation sites excluding steroid dienone is 1. The van der Waals surface area contributed by atoms with E-state index in [0.29, 0.717) is 6.42 Å². The van der Waals surface area contributed by atoms with Crippen molar-refractivity contribution in [3.63, 3.8) is 0 Å². The van der Waals surface area contributed by atoms with E-state index in [2.05, 4.69) is 6.58 Å². The molecular formula is C15H30O4. The first kappa shape index (κ1) is 18.6. The van der Waals surface area contributed by atoms with Crippen molar-refractivity contribution >= 4 is 0 Å². The van der Waals surface area contributed by atoms with Gasteiger partial charge in [-0.3, -0.25) is 0 Å². The van der Waals surface area contributed by atoms with Crippen LogP contribution in [0.3, 0.4) is 0 Å². The van der Waals surface area contributed by atoms with Crippen LogP contribution in [-0.2, 0) is 0 Å². The van der Waals surface area contributed by atoms with Crippen molar-refractivity contribution in [2.24, 2.45) is 11.3 Å². The van der Waals surface area contributed by atoms with Crippen molar-refractivity contribution in [1.29, 1.82) is 0 Å². The second kappa shape index (κ2) is 5.52. The smallest absolute Gasteiger partial charge is 0.114 e. The molecule has 0 aromatic rings. The minimum absolute atomic E-state index is 0.152. The molecule has 0 saturated carbocycles. The maximum Gasteiger partial charge on any atom is 0.114 e. The summed E-state index contributed by atoms with van der Waals surface area (Å²) in [5, 5.41) is 41.1. The number of aliphatic hydroxyl groups excluding tert-OH is 1. The molecule has 0 aliphatic carbocycles. The van der Waals surface area contributed by atoms with Gasteiger partial charge in [-0.1, -0.05) is 26.8 Å². The Balaban J connectivity index is 5.64. The van der Waals surface area contributed by atoms with Crippen LogP contribution in [0.5, 0.6) is 0 Å². The quantitative estimate of drug-likeness (QED) is 0.530. The first-order valence-corrected chi connectivity index (χ1v) is 6.68. The topological polar surface area (TPSA) is 80.9 Å². The number of hydrogen-bond acceptors (Lipinski definition) is 4. The molecule has 4 nitrogen and oxygen atoms in total. The summed E-state index contributed by atoms with van der Waals surface area (Å²) in [7, 11) is 0. The fourth-order valence-corrected chi connectivity index (χ4v) is 2.42. The molecular weight excluding hydrogens is 244 g/mol. The van der Waals surface area contributed by atoms with Crippen molar-refractivity contribution in [3.8, 4) is 0 Å². The summed E-state index contributed by atoms with van der Waals surface area (Å²) < 4.78 is 0. The Hall–Kier alpha value is -0.420. The van der Waals surface area contributed by atoms with E-state index in [1.165, 1.54) is 13.8 Å². The lowest BCUT2D eigenvalue weighted by atomic mass is 9.56. The number of aliphatic hydroxyl groups is 4. The second-order valence-electron chi connectivity index (χ2n) is 6.70. The third-order valence-corrected chi connectivity index (χ3v) is 5.32. The highest BCUT2D eigenvalue weighted by molar-refractivity contribution is 5.11. The molecule has 0 aromatic heterocycles. The molecule has 4 unspecified atom stereocenters. The maximum absolute atomic E-state index is 10.8. The Morgan fingerprint density at radius 3 is 1.79 bits per heavy atom. The molecule has 4 heteroatoms. The molecule has 0 radical (unpaired) electrons. The highest BCUT2D eigenvalue weighted by atomic mass is 16.4. The van der Waals surface area contributed by atoms with Crippen molar-refractivity contribution in [2.45, 2.75) is 64.8 Å². The van der Waals surface area contributed by atoms with E-state index in [0.717, 1.165) is 0 Å². The monoisotopic (exact) mass is 274 g/mol. The minimum Gasteiger partial charge on any atom is -0.393 e. The molecule has 0 fully saturated rings. The number of rotatable bonds is 7. The Bertz CT molecular complexity index is 316. The lowest BCUT2D eigenvalue weighted by molar-refractivity contribution is -0.258. The molecule has 0 aliphatic rings. The van der Waals surface area contributed by atoms with Gasteiger partial charge in [-0.15, -0.1) is 6.58 Å². The zero-order chi connectivity index (χ0) is 15.7. The van der Waals surface area contributed by atoms with Crippen LogP contribution in [0.15, 0.2) is 12.7 Å². The van der Waals surface area contributed by atoms with E-state index in [4.69, 9.17) is 0 Å². The summed E-state index contributed by atoms with van der Waals surface area (Å²) >= 11 is 0. The zero-order valence-corrected chi connectivity index (χ0v) is 13.1. The average Bonchev–Trinajstić information content (AvgIpc) is 2.28. The second-order valence-corrected chi connectivity index (χ2v) is 6.70. The fraction of sp³-hybridized carbons (Fsp3) is 0.867. The molecule has 4 atom stereocenters. The molecule has 0 spiro atoms. The van der Waals surface area contributed by atoms with Crippen LogP contribution in [0.25, 0.3) is 0 Å². The molecule has 0 rings (SSSR count). The summed E-state index contributed by atoms with van der Waals surface area (Å²) in [6.07, 6.45) is 2.31. The van der Waals surface area contributed by atoms with E-state index in [-0.39, 0.29) is 5.92 Å². The third kappa shape index (κ3) is 2.87. The first-order chi connectivity index (χ1) is 8.29. The highest BCUT2D eigenvalue weighted by Gasteiger charge is 2.60. The van der Waals surface area contributed by atoms with Gasteiger partial charge in [-0.25, -0.2) is 0 Å². The van der Waals surface area contributed by atoms with Crippen LogP contribution in [-0.4, -0.2) is 43.8 Å². The number of hydrogen-bond donors (Lipinski definition) is 4. The largest absolute Gasteiger partial charge is 0.393 e. The summed E-state index contributed by atoms with van der Waals surface area (Å²) in [5.41, 5.74) is -5.68. The average molecular weight is 274 g/mol. The third-order valence-electron chi connectivity index (χ3n) is 5.32. The Morgan fingerprint density at radius 1 is 1.05 bits per heavy atom. The molecule has 114 valence electrons. The van der Waals surface area contributed by atoms with Crippen molar-refractivity contribution in [2.75, 3.05) is 6.61 Å². The molecule has 19 heavy (non-hydrogen) atoms. The van der Waals surface area contributed by atoms with Gasteiger partial charge in [-0.05, 0) is 33.1 Å². The van der Waals surface area contributed by atoms with Gasteiger partial charge >= 0.3 is 0 Å². The molecule has 0 aromatic carbocycles. The van der Waals surface area contributed by atoms with Crippen LogP contribution in [0.2, 0.25) is 0 Å². The van der Waals surface area contributed by atoms with Crippen LogP contribution in [0, 0.1) is 11.3 Å². The van der Waals surface area contributed by atoms with Gasteiger partial charge < -0.3 is 20.4 Å². The zero-order valence-electron chi connectivity index (χ0n) is 13.1. The molecule has 0 saturated heterocycles. The fourth-order valence-electron chi connectivity index (χ4n) is 2.42. The van der Waals surface area contributed by atoms with Gasteiger partial charge in [0.05, 0.1) is 12.2 Å². The van der Waals surface area contributed by atoms with Crippen molar-refractivity contribution in [3.05, 3.63) is 12.7 Å². The molecule has 0 amide bonds.